The zero-order valence-electron chi connectivity index (χ0n) is 28.8. The fourth-order valence-electron chi connectivity index (χ4n) is 8.75. The van der Waals surface area contributed by atoms with Crippen LogP contribution in [-0.4, -0.2) is 30.9 Å². The minimum atomic E-state index is -1.55. The highest BCUT2D eigenvalue weighted by Crippen LogP contribution is 2.63. The van der Waals surface area contributed by atoms with Gasteiger partial charge in [-0.25, -0.2) is 28.4 Å². The molecule has 5 aromatic carbocycles. The zero-order valence-corrected chi connectivity index (χ0v) is 29.5. The summed E-state index contributed by atoms with van der Waals surface area (Å²) in [6.07, 6.45) is 1.90. The molecule has 1 aliphatic carbocycles. The van der Waals surface area contributed by atoms with Gasteiger partial charge in [-0.2, -0.15) is 0 Å². The zero-order chi connectivity index (χ0) is 37.1. The molecular weight excluding hydrogens is 704 g/mol. The summed E-state index contributed by atoms with van der Waals surface area (Å²) in [7, 11) is 0. The number of aromatic hydroxyl groups is 1. The van der Waals surface area contributed by atoms with Crippen molar-refractivity contribution < 1.29 is 19.4 Å². The summed E-state index contributed by atoms with van der Waals surface area (Å²) in [6.45, 7) is 0.303. The maximum Gasteiger partial charge on any atom is 0.352 e. The third-order valence-corrected chi connectivity index (χ3v) is 11.2. The molecule has 10 nitrogen and oxygen atoms in total. The number of para-hydroxylation sites is 1. The predicted molar refractivity (Wildman–Crippen MR) is 203 cm³/mol. The summed E-state index contributed by atoms with van der Waals surface area (Å²) in [4.78, 5) is 59.8. The second-order valence-corrected chi connectivity index (χ2v) is 14.2. The number of fused-ring (bicyclic) bond motifs is 4. The summed E-state index contributed by atoms with van der Waals surface area (Å²) >= 11 is 6.41. The molecule has 54 heavy (non-hydrogen) atoms. The highest BCUT2D eigenvalue weighted by Gasteiger charge is 2.69. The minimum absolute atomic E-state index is 0.0327. The smallest absolute Gasteiger partial charge is 0.352 e. The minimum Gasteiger partial charge on any atom is -0.508 e. The average molecular weight is 737 g/mol. The molecule has 3 heterocycles. The summed E-state index contributed by atoms with van der Waals surface area (Å²) in [6, 6.07) is 38.2. The molecule has 4 atom stereocenters. The number of carbonyl (C=O) groups is 2. The highest BCUT2D eigenvalue weighted by atomic mass is 35.5. The van der Waals surface area contributed by atoms with Crippen molar-refractivity contribution in [3.8, 4) is 17.2 Å². The molecule has 2 fully saturated rings. The molecule has 4 unspecified atom stereocenters. The van der Waals surface area contributed by atoms with Crippen molar-refractivity contribution in [3.05, 3.63) is 188 Å². The van der Waals surface area contributed by atoms with Gasteiger partial charge in [0.1, 0.15) is 18.1 Å². The molecule has 1 N–H and O–H groups in total. The lowest BCUT2D eigenvalue weighted by molar-refractivity contribution is -0.124. The molecule has 9 rings (SSSR count). The van der Waals surface area contributed by atoms with E-state index in [0.29, 0.717) is 38.8 Å². The fourth-order valence-corrected chi connectivity index (χ4v) is 8.93. The standard InChI is InChI=1S/C43H33ClN4O6/c44-29-15-10-18-31(23-29)46-39(50)35-25-36-33(21-22-45-41(52)47(42(53)48(36)45)30-16-8-3-9-17-30)38(43(35,40(46)51)28-13-6-2-7-14-28)34-20-19-32(24-37(34)49)54-26-27-11-4-1-5-12-27/h1-21,23-24,35-36,38,49H,22,25-26H2. The average Bonchev–Trinajstić information content (AvgIpc) is 3.59. The van der Waals surface area contributed by atoms with Crippen LogP contribution in [0.4, 0.5) is 5.69 Å². The molecule has 11 heteroatoms. The van der Waals surface area contributed by atoms with Crippen molar-refractivity contribution in [1.29, 1.82) is 0 Å². The number of aromatic nitrogens is 3. The first-order chi connectivity index (χ1) is 26.3. The number of nitrogens with zero attached hydrogens (tertiary/aromatic N) is 4. The van der Waals surface area contributed by atoms with E-state index in [-0.39, 0.29) is 25.3 Å². The molecule has 1 aromatic heterocycles. The summed E-state index contributed by atoms with van der Waals surface area (Å²) < 4.78 is 9.98. The van der Waals surface area contributed by atoms with Crippen molar-refractivity contribution in [2.75, 3.05) is 4.90 Å². The number of ether oxygens (including phenoxy) is 1. The van der Waals surface area contributed by atoms with Gasteiger partial charge >= 0.3 is 11.4 Å². The number of hydrogen-bond donors (Lipinski definition) is 1. The molecule has 6 aromatic rings. The Morgan fingerprint density at radius 3 is 2.15 bits per heavy atom. The van der Waals surface area contributed by atoms with Gasteiger partial charge in [-0.1, -0.05) is 109 Å². The number of phenols is 1. The highest BCUT2D eigenvalue weighted by molar-refractivity contribution is 6.32. The molecule has 3 aliphatic rings. The van der Waals surface area contributed by atoms with Crippen molar-refractivity contribution >= 4 is 29.1 Å². The van der Waals surface area contributed by atoms with Gasteiger partial charge < -0.3 is 9.84 Å². The maximum absolute atomic E-state index is 15.4. The first kappa shape index (κ1) is 33.4. The van der Waals surface area contributed by atoms with Gasteiger partial charge in [-0.15, -0.1) is 0 Å². The second-order valence-electron chi connectivity index (χ2n) is 13.8. The molecule has 2 aliphatic heterocycles. The molecule has 0 spiro atoms. The van der Waals surface area contributed by atoms with Gasteiger partial charge in [0.2, 0.25) is 11.8 Å². The lowest BCUT2D eigenvalue weighted by atomic mass is 9.53. The molecule has 1 saturated carbocycles. The molecule has 0 bridgehead atoms. The van der Waals surface area contributed by atoms with Crippen LogP contribution in [0.3, 0.4) is 0 Å². The van der Waals surface area contributed by atoms with Crippen LogP contribution in [0.15, 0.2) is 155 Å². The van der Waals surface area contributed by atoms with Crippen LogP contribution in [0, 0.1) is 5.92 Å². The predicted octanol–water partition coefficient (Wildman–Crippen LogP) is 6.53. The van der Waals surface area contributed by atoms with Crippen LogP contribution in [0.5, 0.6) is 11.5 Å². The first-order valence-electron chi connectivity index (χ1n) is 17.7. The van der Waals surface area contributed by atoms with Crippen molar-refractivity contribution in [2.45, 2.75) is 36.9 Å². The quantitative estimate of drug-likeness (QED) is 0.147. The number of imide groups is 1. The number of hydrogen-bond acceptors (Lipinski definition) is 6. The van der Waals surface area contributed by atoms with Crippen molar-refractivity contribution in [3.63, 3.8) is 0 Å². The Labute approximate surface area is 314 Å². The van der Waals surface area contributed by atoms with Crippen LogP contribution in [0.25, 0.3) is 5.69 Å². The van der Waals surface area contributed by atoms with Gasteiger partial charge in [0.25, 0.3) is 0 Å². The fraction of sp³-hybridized carbons (Fsp3) is 0.163. The molecule has 268 valence electrons. The summed E-state index contributed by atoms with van der Waals surface area (Å²) in [5.41, 5.74) is 0.652. The number of halogens is 1. The van der Waals surface area contributed by atoms with Gasteiger partial charge in [0.15, 0.2) is 0 Å². The molecular formula is C43H33ClN4O6. The lowest BCUT2D eigenvalue weighted by Crippen LogP contribution is -2.53. The Hall–Kier alpha value is -6.39. The monoisotopic (exact) mass is 736 g/mol. The van der Waals surface area contributed by atoms with Crippen LogP contribution in [0.2, 0.25) is 5.02 Å². The Morgan fingerprint density at radius 1 is 0.759 bits per heavy atom. The molecule has 1 saturated heterocycles. The van der Waals surface area contributed by atoms with E-state index in [9.17, 15) is 19.5 Å². The van der Waals surface area contributed by atoms with E-state index in [1.807, 2.05) is 66.7 Å². The van der Waals surface area contributed by atoms with E-state index in [0.717, 1.165) is 10.1 Å². The van der Waals surface area contributed by atoms with Crippen LogP contribution >= 0.6 is 11.6 Å². The van der Waals surface area contributed by atoms with Crippen LogP contribution in [-0.2, 0) is 28.2 Å². The first-order valence-corrected chi connectivity index (χ1v) is 18.1. The van der Waals surface area contributed by atoms with E-state index in [1.165, 1.54) is 20.3 Å². The topological polar surface area (TPSA) is 116 Å². The van der Waals surface area contributed by atoms with Crippen molar-refractivity contribution in [1.82, 2.24) is 13.9 Å². The number of carbonyl (C=O) groups excluding carboxylic acids is 2. The second kappa shape index (κ2) is 12.9. The van der Waals surface area contributed by atoms with Gasteiger partial charge in [-0.3, -0.25) is 9.59 Å². The van der Waals surface area contributed by atoms with E-state index in [4.69, 9.17) is 16.3 Å². The Bertz CT molecular complexity index is 2600. The number of benzene rings is 5. The number of amides is 2. The summed E-state index contributed by atoms with van der Waals surface area (Å²) in [5.74, 6) is -2.62. The third-order valence-electron chi connectivity index (χ3n) is 11.0. The van der Waals surface area contributed by atoms with Crippen LogP contribution < -0.4 is 21.0 Å². The summed E-state index contributed by atoms with van der Waals surface area (Å²) in [5, 5.41) is 12.3. The number of anilines is 1. The maximum atomic E-state index is 15.4. The van der Waals surface area contributed by atoms with E-state index in [1.54, 1.807) is 66.7 Å². The van der Waals surface area contributed by atoms with Crippen molar-refractivity contribution in [2.24, 2.45) is 5.92 Å². The Morgan fingerprint density at radius 2 is 1.44 bits per heavy atom. The molecule has 2 amide bonds. The number of allylic oxidation sites excluding steroid dienone is 2. The van der Waals surface area contributed by atoms with E-state index >= 15 is 4.79 Å². The number of rotatable bonds is 7. The largest absolute Gasteiger partial charge is 0.508 e. The Balaban J connectivity index is 1.26. The SMILES string of the molecule is O=C1C2CC3C(=CCn4c(=O)n(-c5ccccc5)c(=O)n43)C(c3ccc(OCc4ccccc4)cc3O)C2(c2ccccc2)C(=O)N1c1cccc(Cl)c1. The lowest BCUT2D eigenvalue weighted by Gasteiger charge is -2.49. The third kappa shape index (κ3) is 5.01. The Kier molecular flexibility index (Phi) is 8.01. The van der Waals surface area contributed by atoms with E-state index < -0.39 is 46.5 Å². The van der Waals surface area contributed by atoms with Gasteiger partial charge in [-0.05, 0) is 59.5 Å². The number of phenolic OH excluding ortho intramolecular Hbond substituents is 1. The normalized spacial score (nSPS) is 21.6. The van der Waals surface area contributed by atoms with Crippen LogP contribution in [0.1, 0.15) is 35.1 Å². The van der Waals surface area contributed by atoms with E-state index in [2.05, 4.69) is 0 Å². The van der Waals surface area contributed by atoms with Gasteiger partial charge in [0.05, 0.1) is 35.3 Å². The molecule has 0 radical (unpaired) electrons. The van der Waals surface area contributed by atoms with Gasteiger partial charge in [0, 0.05) is 22.6 Å².